The van der Waals surface area contributed by atoms with Gasteiger partial charge in [-0.2, -0.15) is 8.42 Å². The van der Waals surface area contributed by atoms with Gasteiger partial charge in [0.15, 0.2) is 5.00 Å². The van der Waals surface area contributed by atoms with Crippen LogP contribution in [0.5, 0.6) is 0 Å². The molecule has 3 aromatic rings. The smallest absolute Gasteiger partial charge is 0.341 e. The summed E-state index contributed by atoms with van der Waals surface area (Å²) >= 11 is 0.729. The van der Waals surface area contributed by atoms with Crippen LogP contribution in [0.3, 0.4) is 0 Å². The Kier molecular flexibility index (Phi) is 9.05. The highest BCUT2D eigenvalue weighted by Crippen LogP contribution is 2.38. The zero-order chi connectivity index (χ0) is 27.2. The number of hydrogen-bond acceptors (Lipinski definition) is 10. The second-order valence-corrected chi connectivity index (χ2v) is 10.1. The quantitative estimate of drug-likeness (QED) is 0.0827. The summed E-state index contributed by atoms with van der Waals surface area (Å²) in [6, 6.07) is 12.0. The molecule has 0 unspecified atom stereocenters. The number of carbonyl (C=O) groups is 1. The van der Waals surface area contributed by atoms with Gasteiger partial charge in [-0.1, -0.05) is 13.3 Å². The van der Waals surface area contributed by atoms with E-state index >= 15 is 0 Å². The average Bonchev–Trinajstić information content (AvgIpc) is 3.29. The van der Waals surface area contributed by atoms with Crippen molar-refractivity contribution in [2.45, 2.75) is 38.5 Å². The third-order valence-electron chi connectivity index (χ3n) is 5.25. The number of hydrogen-bond donors (Lipinski definition) is 0. The van der Waals surface area contributed by atoms with E-state index in [2.05, 4.69) is 10.2 Å². The van der Waals surface area contributed by atoms with Crippen LogP contribution in [0.15, 0.2) is 63.7 Å². The molecule has 0 bridgehead atoms. The number of carbonyl (C=O) groups excluding carboxylic acids is 1. The van der Waals surface area contributed by atoms with Gasteiger partial charge in [-0.05, 0) is 79.6 Å². The molecule has 0 saturated carbocycles. The Hall–Kier alpha value is -3.71. The van der Waals surface area contributed by atoms with Crippen molar-refractivity contribution < 1.29 is 26.8 Å². The van der Waals surface area contributed by atoms with Crippen molar-refractivity contribution in [1.82, 2.24) is 0 Å². The van der Waals surface area contributed by atoms with E-state index in [9.17, 15) is 27.2 Å². The van der Waals surface area contributed by atoms with Crippen LogP contribution in [0.1, 0.15) is 43.1 Å². The van der Waals surface area contributed by atoms with E-state index in [-0.39, 0.29) is 22.2 Å². The van der Waals surface area contributed by atoms with Crippen molar-refractivity contribution in [1.29, 1.82) is 0 Å². The molecule has 0 fully saturated rings. The molecule has 0 amide bonds. The van der Waals surface area contributed by atoms with Crippen molar-refractivity contribution >= 4 is 54.6 Å². The lowest BCUT2D eigenvalue weighted by Gasteiger charge is -2.26. The predicted molar refractivity (Wildman–Crippen MR) is 139 cm³/mol. The van der Waals surface area contributed by atoms with Gasteiger partial charge in [-0.25, -0.2) is 4.79 Å². The number of nitrogens with zero attached hydrogens (tertiary/aromatic N) is 4. The molecule has 0 spiro atoms. The van der Waals surface area contributed by atoms with Gasteiger partial charge in [-0.3, -0.25) is 10.1 Å². The maximum atomic E-state index is 13.3. The number of anilines is 2. The Bertz CT molecular complexity index is 1420. The van der Waals surface area contributed by atoms with Gasteiger partial charge in [0.25, 0.3) is 0 Å². The summed E-state index contributed by atoms with van der Waals surface area (Å²) in [5, 5.41) is 19.3. The highest BCUT2D eigenvalue weighted by molar-refractivity contribution is 7.86. The van der Waals surface area contributed by atoms with Crippen LogP contribution in [0.25, 0.3) is 0 Å². The molecule has 13 heteroatoms. The summed E-state index contributed by atoms with van der Waals surface area (Å²) in [5.41, 5.74) is 2.94. The van der Waals surface area contributed by atoms with Gasteiger partial charge < -0.3 is 9.64 Å². The minimum absolute atomic E-state index is 0.0244. The average molecular weight is 549 g/mol. The summed E-state index contributed by atoms with van der Waals surface area (Å²) < 4.78 is 40.6. The summed E-state index contributed by atoms with van der Waals surface area (Å²) in [5.74, 6) is -0.715. The first-order valence-corrected chi connectivity index (χ1v) is 13.6. The first-order valence-electron chi connectivity index (χ1n) is 11.4. The second kappa shape index (κ2) is 12.0. The van der Waals surface area contributed by atoms with Gasteiger partial charge in [0.2, 0.25) is 0 Å². The Morgan fingerprint density at radius 3 is 2.38 bits per heavy atom. The highest BCUT2D eigenvalue weighted by Gasteiger charge is 2.23. The maximum absolute atomic E-state index is 13.3. The number of azo groups is 1. The fraction of sp³-hybridized carbons (Fsp3) is 0.292. The van der Waals surface area contributed by atoms with Crippen LogP contribution >= 0.6 is 11.3 Å². The molecule has 2 aromatic carbocycles. The van der Waals surface area contributed by atoms with E-state index in [1.54, 1.807) is 25.1 Å². The number of thiophene rings is 1. The molecular formula is C24H25FN4O6S2. The maximum Gasteiger partial charge on any atom is 0.341 e. The molecule has 196 valence electrons. The molecule has 37 heavy (non-hydrogen) atoms. The zero-order valence-electron chi connectivity index (χ0n) is 20.4. The molecule has 0 saturated heterocycles. The van der Waals surface area contributed by atoms with Crippen LogP contribution < -0.4 is 4.90 Å². The lowest BCUT2D eigenvalue weighted by atomic mass is 10.1. The topological polar surface area (TPSA) is 132 Å². The largest absolute Gasteiger partial charge is 0.462 e. The molecular weight excluding hydrogens is 523 g/mol. The van der Waals surface area contributed by atoms with E-state index in [4.69, 9.17) is 4.74 Å². The Labute approximate surface area is 217 Å². The van der Waals surface area contributed by atoms with E-state index in [1.165, 1.54) is 12.1 Å². The minimum Gasteiger partial charge on any atom is -0.462 e. The van der Waals surface area contributed by atoms with Crippen LogP contribution in [-0.4, -0.2) is 32.5 Å². The predicted octanol–water partition coefficient (Wildman–Crippen LogP) is 7.02. The van der Waals surface area contributed by atoms with Crippen molar-refractivity contribution in [3.8, 4) is 0 Å². The molecule has 10 nitrogen and oxygen atoms in total. The molecule has 3 rings (SSSR count). The zero-order valence-corrected chi connectivity index (χ0v) is 22.0. The van der Waals surface area contributed by atoms with Gasteiger partial charge in [0.1, 0.15) is 5.56 Å². The van der Waals surface area contributed by atoms with Crippen LogP contribution in [0.4, 0.5) is 31.0 Å². The number of esters is 1. The second-order valence-electron chi connectivity index (χ2n) is 7.72. The van der Waals surface area contributed by atoms with E-state index in [1.807, 2.05) is 30.9 Å². The molecule has 0 atom stereocenters. The number of benzene rings is 2. The van der Waals surface area contributed by atoms with Gasteiger partial charge in [0.05, 0.1) is 22.1 Å². The summed E-state index contributed by atoms with van der Waals surface area (Å²) in [6.07, 6.45) is 1.53. The standard InChI is InChI=1S/C24H25FN4O6S2/c1-4-7-16-14-17(26-27-23-20(24(30)35-6-3)15-22(36-23)29(31)32)8-13-21(16)28(5-2)18-9-11-19(12-10-18)37(25,33)34/h8-15H,4-7H2,1-3H3. The van der Waals surface area contributed by atoms with Crippen molar-refractivity contribution in [2.24, 2.45) is 10.2 Å². The van der Waals surface area contributed by atoms with E-state index in [0.29, 0.717) is 24.3 Å². The van der Waals surface area contributed by atoms with Gasteiger partial charge in [-0.15, -0.1) is 14.1 Å². The number of halogens is 1. The number of aryl methyl sites for hydroxylation is 1. The third-order valence-corrected chi connectivity index (χ3v) is 7.06. The molecule has 0 aliphatic carbocycles. The first kappa shape index (κ1) is 27.9. The Morgan fingerprint density at radius 2 is 1.81 bits per heavy atom. The highest BCUT2D eigenvalue weighted by atomic mass is 32.3. The number of ether oxygens (including phenoxy) is 1. The summed E-state index contributed by atoms with van der Waals surface area (Å²) in [4.78, 5) is 24.4. The number of nitro groups is 1. The lowest BCUT2D eigenvalue weighted by molar-refractivity contribution is -0.380. The van der Waals surface area contributed by atoms with Gasteiger partial charge >= 0.3 is 21.2 Å². The van der Waals surface area contributed by atoms with E-state index in [0.717, 1.165) is 35.1 Å². The monoisotopic (exact) mass is 548 g/mol. The van der Waals surface area contributed by atoms with Crippen molar-refractivity contribution in [3.63, 3.8) is 0 Å². The molecule has 0 aliphatic heterocycles. The molecule has 0 radical (unpaired) electrons. The minimum atomic E-state index is -4.79. The molecule has 1 heterocycles. The van der Waals surface area contributed by atoms with Crippen molar-refractivity contribution in [3.05, 3.63) is 69.8 Å². The normalized spacial score (nSPS) is 11.6. The van der Waals surface area contributed by atoms with E-state index < -0.39 is 26.0 Å². The summed E-state index contributed by atoms with van der Waals surface area (Å²) in [7, 11) is -4.79. The Balaban J connectivity index is 1.97. The third kappa shape index (κ3) is 6.74. The molecule has 0 N–H and O–H groups in total. The first-order chi connectivity index (χ1) is 17.6. The van der Waals surface area contributed by atoms with Crippen molar-refractivity contribution in [2.75, 3.05) is 18.1 Å². The SMILES string of the molecule is CCCc1cc(N=Nc2sc([N+](=O)[O-])cc2C(=O)OCC)ccc1N(CC)c1ccc(S(=O)(=O)F)cc1. The fourth-order valence-corrected chi connectivity index (χ4v) is 4.88. The van der Waals surface area contributed by atoms with Crippen LogP contribution in [-0.2, 0) is 21.4 Å². The fourth-order valence-electron chi connectivity index (χ4n) is 3.64. The molecule has 0 aliphatic rings. The Morgan fingerprint density at radius 1 is 1.11 bits per heavy atom. The lowest BCUT2D eigenvalue weighted by Crippen LogP contribution is -2.17. The summed E-state index contributed by atoms with van der Waals surface area (Å²) in [6.45, 7) is 6.26. The van der Waals surface area contributed by atoms with Crippen LogP contribution in [0.2, 0.25) is 0 Å². The number of rotatable bonds is 11. The van der Waals surface area contributed by atoms with Gasteiger partial charge in [0, 0.05) is 24.0 Å². The van der Waals surface area contributed by atoms with Crippen LogP contribution in [0, 0.1) is 10.1 Å². The molecule has 1 aromatic heterocycles.